The van der Waals surface area contributed by atoms with Crippen molar-refractivity contribution in [2.24, 2.45) is 0 Å². The molecule has 0 unspecified atom stereocenters. The van der Waals surface area contributed by atoms with Crippen LogP contribution in [0.1, 0.15) is 5.56 Å². The van der Waals surface area contributed by atoms with Crippen molar-refractivity contribution in [2.75, 3.05) is 5.73 Å². The second-order valence-electron chi connectivity index (χ2n) is 4.01. The number of nitrogens with zero attached hydrogens (tertiary/aromatic N) is 1. The van der Waals surface area contributed by atoms with Crippen molar-refractivity contribution in [3.05, 3.63) is 61.6 Å². The molecule has 2 rings (SSSR count). The SMILES string of the molecule is Nc1cc(COc2cc(Br)ccc2Cl)ccc1[N+](=O)[O-]. The molecular formula is C13H10BrClN2O3. The highest BCUT2D eigenvalue weighted by Crippen LogP contribution is 2.29. The van der Waals surface area contributed by atoms with Crippen LogP contribution in [-0.4, -0.2) is 4.92 Å². The third-order valence-corrected chi connectivity index (χ3v) is 3.38. The normalized spacial score (nSPS) is 10.3. The molecule has 0 saturated carbocycles. The van der Waals surface area contributed by atoms with Gasteiger partial charge in [-0.2, -0.15) is 0 Å². The number of nitrogen functional groups attached to an aromatic ring is 1. The van der Waals surface area contributed by atoms with Crippen molar-refractivity contribution in [3.63, 3.8) is 0 Å². The van der Waals surface area contributed by atoms with Gasteiger partial charge in [-0.1, -0.05) is 27.5 Å². The number of rotatable bonds is 4. The highest BCUT2D eigenvalue weighted by atomic mass is 79.9. The molecule has 2 N–H and O–H groups in total. The Hall–Kier alpha value is -1.79. The van der Waals surface area contributed by atoms with Crippen molar-refractivity contribution in [1.82, 2.24) is 0 Å². The van der Waals surface area contributed by atoms with E-state index in [1.165, 1.54) is 12.1 Å². The molecule has 0 amide bonds. The van der Waals surface area contributed by atoms with Crippen LogP contribution in [0.2, 0.25) is 5.02 Å². The summed E-state index contributed by atoms with van der Waals surface area (Å²) in [4.78, 5) is 10.1. The van der Waals surface area contributed by atoms with Crippen LogP contribution in [-0.2, 0) is 6.61 Å². The van der Waals surface area contributed by atoms with Crippen molar-refractivity contribution in [1.29, 1.82) is 0 Å². The van der Waals surface area contributed by atoms with E-state index in [1.54, 1.807) is 24.3 Å². The molecule has 7 heteroatoms. The summed E-state index contributed by atoms with van der Waals surface area (Å²) in [5.74, 6) is 0.526. The van der Waals surface area contributed by atoms with Gasteiger partial charge < -0.3 is 10.5 Å². The van der Waals surface area contributed by atoms with E-state index in [9.17, 15) is 10.1 Å². The van der Waals surface area contributed by atoms with Gasteiger partial charge in [0.1, 0.15) is 18.0 Å². The summed E-state index contributed by atoms with van der Waals surface area (Å²) in [5, 5.41) is 11.2. The van der Waals surface area contributed by atoms with Crippen LogP contribution >= 0.6 is 27.5 Å². The third kappa shape index (κ3) is 3.40. The number of hydrogen-bond acceptors (Lipinski definition) is 4. The van der Waals surface area contributed by atoms with Crippen molar-refractivity contribution < 1.29 is 9.66 Å². The first-order valence-corrected chi connectivity index (χ1v) is 6.75. The van der Waals surface area contributed by atoms with Gasteiger partial charge >= 0.3 is 0 Å². The van der Waals surface area contributed by atoms with E-state index in [0.29, 0.717) is 10.8 Å². The number of ether oxygens (including phenoxy) is 1. The van der Waals surface area contributed by atoms with E-state index >= 15 is 0 Å². The van der Waals surface area contributed by atoms with Gasteiger partial charge in [0.15, 0.2) is 0 Å². The summed E-state index contributed by atoms with van der Waals surface area (Å²) in [7, 11) is 0. The smallest absolute Gasteiger partial charge is 0.292 e. The van der Waals surface area contributed by atoms with Gasteiger partial charge in [-0.05, 0) is 35.9 Å². The highest BCUT2D eigenvalue weighted by Gasteiger charge is 2.11. The van der Waals surface area contributed by atoms with E-state index in [-0.39, 0.29) is 18.0 Å². The zero-order valence-electron chi connectivity index (χ0n) is 10.2. The number of halogens is 2. The molecule has 0 aliphatic carbocycles. The zero-order valence-corrected chi connectivity index (χ0v) is 12.5. The van der Waals surface area contributed by atoms with Gasteiger partial charge in [-0.3, -0.25) is 10.1 Å². The molecule has 0 saturated heterocycles. The maximum atomic E-state index is 10.7. The van der Waals surface area contributed by atoms with Crippen molar-refractivity contribution >= 4 is 38.9 Å². The maximum Gasteiger partial charge on any atom is 0.292 e. The zero-order chi connectivity index (χ0) is 14.7. The average molecular weight is 358 g/mol. The molecule has 20 heavy (non-hydrogen) atoms. The Morgan fingerprint density at radius 1 is 1.30 bits per heavy atom. The summed E-state index contributed by atoms with van der Waals surface area (Å²) in [6.45, 7) is 0.221. The highest BCUT2D eigenvalue weighted by molar-refractivity contribution is 9.10. The first kappa shape index (κ1) is 14.6. The summed E-state index contributed by atoms with van der Waals surface area (Å²) in [6, 6.07) is 9.74. The van der Waals surface area contributed by atoms with Gasteiger partial charge in [0.2, 0.25) is 0 Å². The summed E-state index contributed by atoms with van der Waals surface area (Å²) in [5.41, 5.74) is 6.33. The van der Waals surface area contributed by atoms with Crippen molar-refractivity contribution in [3.8, 4) is 5.75 Å². The van der Waals surface area contributed by atoms with Crippen LogP contribution in [0.4, 0.5) is 11.4 Å². The molecule has 2 aromatic carbocycles. The van der Waals surface area contributed by atoms with Crippen LogP contribution in [0.3, 0.4) is 0 Å². The minimum atomic E-state index is -0.523. The molecule has 0 bridgehead atoms. The summed E-state index contributed by atoms with van der Waals surface area (Å²) in [6.07, 6.45) is 0. The number of nitro benzene ring substituents is 1. The predicted octanol–water partition coefficient (Wildman–Crippen LogP) is 4.17. The van der Waals surface area contributed by atoms with E-state index in [2.05, 4.69) is 15.9 Å². The molecule has 5 nitrogen and oxygen atoms in total. The lowest BCUT2D eigenvalue weighted by Gasteiger charge is -2.09. The van der Waals surface area contributed by atoms with Gasteiger partial charge in [0.25, 0.3) is 5.69 Å². The second kappa shape index (κ2) is 6.11. The monoisotopic (exact) mass is 356 g/mol. The Morgan fingerprint density at radius 3 is 2.70 bits per heavy atom. The van der Waals surface area contributed by atoms with Crippen LogP contribution in [0.15, 0.2) is 40.9 Å². The number of benzene rings is 2. The standard InChI is InChI=1S/C13H10BrClN2O3/c14-9-2-3-10(15)13(6-9)20-7-8-1-4-12(17(18)19)11(16)5-8/h1-6H,7,16H2. The summed E-state index contributed by atoms with van der Waals surface area (Å²) >= 11 is 9.33. The van der Waals surface area contributed by atoms with Crippen LogP contribution in [0.25, 0.3) is 0 Å². The van der Waals surface area contributed by atoms with Crippen LogP contribution in [0.5, 0.6) is 5.75 Å². The lowest BCUT2D eigenvalue weighted by molar-refractivity contribution is -0.383. The van der Waals surface area contributed by atoms with E-state index in [1.807, 2.05) is 0 Å². The third-order valence-electron chi connectivity index (χ3n) is 2.58. The quantitative estimate of drug-likeness (QED) is 0.506. The Balaban J connectivity index is 2.13. The molecule has 0 radical (unpaired) electrons. The average Bonchev–Trinajstić information content (AvgIpc) is 2.39. The molecule has 0 fully saturated rings. The molecule has 2 aromatic rings. The molecule has 0 aliphatic rings. The van der Waals surface area contributed by atoms with E-state index in [4.69, 9.17) is 22.1 Å². The van der Waals surface area contributed by atoms with Gasteiger partial charge in [-0.15, -0.1) is 0 Å². The number of hydrogen-bond donors (Lipinski definition) is 1. The second-order valence-corrected chi connectivity index (χ2v) is 5.34. The molecule has 104 valence electrons. The Bertz CT molecular complexity index is 664. The molecule has 0 aliphatic heterocycles. The molecule has 0 spiro atoms. The predicted molar refractivity (Wildman–Crippen MR) is 81.0 cm³/mol. The molecule has 0 atom stereocenters. The Labute approximate surface area is 128 Å². The van der Waals surface area contributed by atoms with E-state index in [0.717, 1.165) is 10.0 Å². The summed E-state index contributed by atoms with van der Waals surface area (Å²) < 4.78 is 6.42. The van der Waals surface area contributed by atoms with Gasteiger partial charge in [0, 0.05) is 10.5 Å². The van der Waals surface area contributed by atoms with Gasteiger partial charge in [0.05, 0.1) is 9.95 Å². The topological polar surface area (TPSA) is 78.4 Å². The van der Waals surface area contributed by atoms with Gasteiger partial charge in [-0.25, -0.2) is 0 Å². The molecular weight excluding hydrogens is 348 g/mol. The lowest BCUT2D eigenvalue weighted by atomic mass is 10.2. The molecule has 0 aromatic heterocycles. The van der Waals surface area contributed by atoms with Crippen molar-refractivity contribution in [2.45, 2.75) is 6.61 Å². The number of nitro groups is 1. The maximum absolute atomic E-state index is 10.7. The number of anilines is 1. The van der Waals surface area contributed by atoms with E-state index < -0.39 is 4.92 Å². The first-order chi connectivity index (χ1) is 9.47. The lowest BCUT2D eigenvalue weighted by Crippen LogP contribution is -2.00. The number of nitrogens with two attached hydrogens (primary N) is 1. The minimum absolute atomic E-state index is 0.108. The van der Waals surface area contributed by atoms with Crippen LogP contribution in [0, 0.1) is 10.1 Å². The fourth-order valence-corrected chi connectivity index (χ4v) is 2.12. The largest absolute Gasteiger partial charge is 0.487 e. The van der Waals surface area contributed by atoms with Crippen LogP contribution < -0.4 is 10.5 Å². The first-order valence-electron chi connectivity index (χ1n) is 5.58. The fraction of sp³-hybridized carbons (Fsp3) is 0.0769. The molecule has 0 heterocycles. The Kier molecular flexibility index (Phi) is 4.46. The fourth-order valence-electron chi connectivity index (χ4n) is 1.61. The minimum Gasteiger partial charge on any atom is -0.487 e. The Morgan fingerprint density at radius 2 is 2.05 bits per heavy atom.